The number of hydrogen-bond donors (Lipinski definition) is 2. The average Bonchev–Trinajstić information content (AvgIpc) is 2.48. The van der Waals surface area contributed by atoms with Gasteiger partial charge in [-0.1, -0.05) is 19.3 Å². The molecule has 21 heavy (non-hydrogen) atoms. The van der Waals surface area contributed by atoms with E-state index in [4.69, 9.17) is 0 Å². The van der Waals surface area contributed by atoms with Crippen molar-refractivity contribution in [3.63, 3.8) is 0 Å². The Morgan fingerprint density at radius 3 is 2.19 bits per heavy atom. The van der Waals surface area contributed by atoms with Crippen molar-refractivity contribution >= 4 is 23.2 Å². The van der Waals surface area contributed by atoms with E-state index in [1.165, 1.54) is 6.42 Å². The normalized spacial score (nSPS) is 15.3. The number of benzene rings is 1. The zero-order valence-electron chi connectivity index (χ0n) is 12.7. The van der Waals surface area contributed by atoms with Crippen LogP contribution in [0.25, 0.3) is 0 Å². The van der Waals surface area contributed by atoms with Gasteiger partial charge in [-0.15, -0.1) is 0 Å². The lowest BCUT2D eigenvalue weighted by Crippen LogP contribution is -2.42. The smallest absolute Gasteiger partial charge is 0.313 e. The van der Waals surface area contributed by atoms with E-state index in [-0.39, 0.29) is 6.04 Å². The van der Waals surface area contributed by atoms with E-state index in [1.807, 2.05) is 31.1 Å². The van der Waals surface area contributed by atoms with Gasteiger partial charge in [0.05, 0.1) is 0 Å². The number of amides is 2. The predicted octanol–water partition coefficient (Wildman–Crippen LogP) is 2.14. The van der Waals surface area contributed by atoms with Crippen LogP contribution in [0.2, 0.25) is 0 Å². The lowest BCUT2D eigenvalue weighted by molar-refractivity contribution is -0.136. The molecule has 1 aromatic carbocycles. The third-order valence-corrected chi connectivity index (χ3v) is 3.79. The fourth-order valence-corrected chi connectivity index (χ4v) is 2.53. The molecule has 1 aliphatic rings. The van der Waals surface area contributed by atoms with Gasteiger partial charge in [-0.05, 0) is 37.1 Å². The molecule has 5 nitrogen and oxygen atoms in total. The van der Waals surface area contributed by atoms with Gasteiger partial charge < -0.3 is 15.5 Å². The molecule has 0 bridgehead atoms. The fourth-order valence-electron chi connectivity index (χ4n) is 2.53. The van der Waals surface area contributed by atoms with Crippen LogP contribution in [-0.2, 0) is 9.59 Å². The van der Waals surface area contributed by atoms with Crippen LogP contribution in [0.1, 0.15) is 32.1 Å². The molecule has 1 aromatic rings. The van der Waals surface area contributed by atoms with Gasteiger partial charge in [-0.2, -0.15) is 0 Å². The standard InChI is InChI=1S/C16H23N3O2/c1-19(2)14-10-8-13(9-11-14)18-16(21)15(20)17-12-6-4-3-5-7-12/h8-12H,3-7H2,1-2H3,(H,17,20)(H,18,21). The number of anilines is 2. The van der Waals surface area contributed by atoms with Gasteiger partial charge in [0, 0.05) is 31.5 Å². The summed E-state index contributed by atoms with van der Waals surface area (Å²) in [7, 11) is 3.90. The van der Waals surface area contributed by atoms with Gasteiger partial charge in [-0.3, -0.25) is 9.59 Å². The molecule has 0 radical (unpaired) electrons. The molecular formula is C16H23N3O2. The van der Waals surface area contributed by atoms with Crippen molar-refractivity contribution in [1.29, 1.82) is 0 Å². The van der Waals surface area contributed by atoms with Crippen molar-refractivity contribution in [2.45, 2.75) is 38.1 Å². The minimum Gasteiger partial charge on any atom is -0.378 e. The minimum absolute atomic E-state index is 0.146. The summed E-state index contributed by atoms with van der Waals surface area (Å²) in [5.74, 6) is -1.14. The van der Waals surface area contributed by atoms with Gasteiger partial charge in [0.25, 0.3) is 0 Å². The molecule has 0 spiro atoms. The van der Waals surface area contributed by atoms with E-state index in [0.29, 0.717) is 5.69 Å². The zero-order chi connectivity index (χ0) is 15.2. The Kier molecular flexibility index (Phi) is 5.20. The van der Waals surface area contributed by atoms with Crippen LogP contribution >= 0.6 is 0 Å². The summed E-state index contributed by atoms with van der Waals surface area (Å²) in [5.41, 5.74) is 1.67. The van der Waals surface area contributed by atoms with Gasteiger partial charge in [0.15, 0.2) is 0 Å². The summed E-state index contributed by atoms with van der Waals surface area (Å²) in [5, 5.41) is 5.44. The second-order valence-electron chi connectivity index (χ2n) is 5.70. The molecule has 1 aliphatic carbocycles. The quantitative estimate of drug-likeness (QED) is 0.838. The first-order valence-electron chi connectivity index (χ1n) is 7.45. The molecule has 2 N–H and O–H groups in total. The zero-order valence-corrected chi connectivity index (χ0v) is 12.7. The Labute approximate surface area is 125 Å². The van der Waals surface area contributed by atoms with Crippen LogP contribution in [0.3, 0.4) is 0 Å². The van der Waals surface area contributed by atoms with Gasteiger partial charge >= 0.3 is 11.8 Å². The molecule has 0 saturated heterocycles. The van der Waals surface area contributed by atoms with Gasteiger partial charge in [0.2, 0.25) is 0 Å². The van der Waals surface area contributed by atoms with E-state index in [2.05, 4.69) is 10.6 Å². The fraction of sp³-hybridized carbons (Fsp3) is 0.500. The molecule has 1 saturated carbocycles. The van der Waals surface area contributed by atoms with E-state index < -0.39 is 11.8 Å². The molecule has 114 valence electrons. The molecule has 5 heteroatoms. The number of rotatable bonds is 3. The van der Waals surface area contributed by atoms with E-state index >= 15 is 0 Å². The Morgan fingerprint density at radius 1 is 1.00 bits per heavy atom. The highest BCUT2D eigenvalue weighted by Gasteiger charge is 2.20. The minimum atomic E-state index is -0.599. The first kappa shape index (κ1) is 15.4. The number of carbonyl (C=O) groups excluding carboxylic acids is 2. The van der Waals surface area contributed by atoms with Crippen molar-refractivity contribution in [1.82, 2.24) is 5.32 Å². The molecule has 0 aromatic heterocycles. The van der Waals surface area contributed by atoms with E-state index in [0.717, 1.165) is 31.4 Å². The molecule has 0 heterocycles. The number of nitrogens with zero attached hydrogens (tertiary/aromatic N) is 1. The molecule has 0 aliphatic heterocycles. The summed E-state index contributed by atoms with van der Waals surface area (Å²) in [6, 6.07) is 7.53. The highest BCUT2D eigenvalue weighted by molar-refractivity contribution is 6.39. The SMILES string of the molecule is CN(C)c1ccc(NC(=O)C(=O)NC2CCCCC2)cc1. The van der Waals surface area contributed by atoms with Crippen LogP contribution in [0.15, 0.2) is 24.3 Å². The van der Waals surface area contributed by atoms with Crippen molar-refractivity contribution in [3.8, 4) is 0 Å². The molecule has 0 unspecified atom stereocenters. The van der Waals surface area contributed by atoms with Crippen LogP contribution in [0.5, 0.6) is 0 Å². The molecule has 0 atom stereocenters. The van der Waals surface area contributed by atoms with Crippen LogP contribution in [0.4, 0.5) is 11.4 Å². The third-order valence-electron chi connectivity index (χ3n) is 3.79. The molecule has 2 amide bonds. The Morgan fingerprint density at radius 2 is 1.62 bits per heavy atom. The first-order chi connectivity index (χ1) is 10.1. The lowest BCUT2D eigenvalue weighted by Gasteiger charge is -2.22. The molecule has 2 rings (SSSR count). The maximum Gasteiger partial charge on any atom is 0.313 e. The second kappa shape index (κ2) is 7.11. The second-order valence-corrected chi connectivity index (χ2v) is 5.70. The lowest BCUT2D eigenvalue weighted by atomic mass is 9.95. The highest BCUT2D eigenvalue weighted by Crippen LogP contribution is 2.18. The first-order valence-corrected chi connectivity index (χ1v) is 7.45. The summed E-state index contributed by atoms with van der Waals surface area (Å²) in [6.45, 7) is 0. The van der Waals surface area contributed by atoms with Gasteiger partial charge in [-0.25, -0.2) is 0 Å². The predicted molar refractivity (Wildman–Crippen MR) is 84.4 cm³/mol. The Bertz CT molecular complexity index is 491. The van der Waals surface area contributed by atoms with Crippen molar-refractivity contribution in [3.05, 3.63) is 24.3 Å². The van der Waals surface area contributed by atoms with Crippen LogP contribution in [-0.4, -0.2) is 32.0 Å². The van der Waals surface area contributed by atoms with E-state index in [1.54, 1.807) is 12.1 Å². The topological polar surface area (TPSA) is 61.4 Å². The summed E-state index contributed by atoms with van der Waals surface area (Å²) in [4.78, 5) is 25.7. The average molecular weight is 289 g/mol. The van der Waals surface area contributed by atoms with E-state index in [9.17, 15) is 9.59 Å². The maximum atomic E-state index is 11.9. The molecule has 1 fully saturated rings. The van der Waals surface area contributed by atoms with Crippen molar-refractivity contribution in [2.75, 3.05) is 24.3 Å². The summed E-state index contributed by atoms with van der Waals surface area (Å²) < 4.78 is 0. The number of nitrogens with one attached hydrogen (secondary N) is 2. The number of carbonyl (C=O) groups is 2. The van der Waals surface area contributed by atoms with Gasteiger partial charge in [0.1, 0.15) is 0 Å². The highest BCUT2D eigenvalue weighted by atomic mass is 16.2. The monoisotopic (exact) mass is 289 g/mol. The van der Waals surface area contributed by atoms with Crippen molar-refractivity contribution < 1.29 is 9.59 Å². The summed E-state index contributed by atoms with van der Waals surface area (Å²) in [6.07, 6.45) is 5.40. The van der Waals surface area contributed by atoms with Crippen molar-refractivity contribution in [2.24, 2.45) is 0 Å². The molecular weight excluding hydrogens is 266 g/mol. The Hall–Kier alpha value is -2.04. The third kappa shape index (κ3) is 4.48. The van der Waals surface area contributed by atoms with Crippen LogP contribution in [0, 0.1) is 0 Å². The Balaban J connectivity index is 1.86. The summed E-state index contributed by atoms with van der Waals surface area (Å²) >= 11 is 0. The van der Waals surface area contributed by atoms with Crippen LogP contribution < -0.4 is 15.5 Å². The number of hydrogen-bond acceptors (Lipinski definition) is 3. The maximum absolute atomic E-state index is 11.9. The largest absolute Gasteiger partial charge is 0.378 e.